The quantitative estimate of drug-likeness (QED) is 0.391. The molecule has 0 aliphatic carbocycles. The van der Waals surface area contributed by atoms with Crippen molar-refractivity contribution in [3.05, 3.63) is 114 Å². The maximum atomic E-state index is 13.6. The first-order valence-electron chi connectivity index (χ1n) is 11.8. The fourth-order valence-electron chi connectivity index (χ4n) is 4.11. The van der Waals surface area contributed by atoms with Crippen molar-refractivity contribution in [2.45, 2.75) is 6.92 Å². The van der Waals surface area contributed by atoms with E-state index < -0.39 is 5.92 Å². The summed E-state index contributed by atoms with van der Waals surface area (Å²) < 4.78 is 10.8. The Bertz CT molecular complexity index is 1380. The summed E-state index contributed by atoms with van der Waals surface area (Å²) in [7, 11) is 3.09. The molecule has 3 N–H and O–H groups in total. The number of ether oxygens (including phenoxy) is 2. The smallest absolute Gasteiger partial charge is 0.254 e. The predicted octanol–water partition coefficient (Wildman–Crippen LogP) is 5.37. The molecule has 0 aromatic heterocycles. The zero-order valence-electron chi connectivity index (χ0n) is 20.9. The fourth-order valence-corrected chi connectivity index (χ4v) is 4.11. The van der Waals surface area contributed by atoms with Crippen molar-refractivity contribution in [2.75, 3.05) is 24.9 Å². The van der Waals surface area contributed by atoms with Gasteiger partial charge in [0.25, 0.3) is 11.8 Å². The zero-order valence-corrected chi connectivity index (χ0v) is 20.9. The van der Waals surface area contributed by atoms with Gasteiger partial charge in [0, 0.05) is 29.0 Å². The Labute approximate surface area is 216 Å². The number of carbonyl (C=O) groups excluding carboxylic acids is 2. The van der Waals surface area contributed by atoms with Crippen molar-refractivity contribution in [1.82, 2.24) is 5.32 Å². The van der Waals surface area contributed by atoms with Crippen molar-refractivity contribution < 1.29 is 19.1 Å². The molecule has 0 radical (unpaired) electrons. The van der Waals surface area contributed by atoms with E-state index in [9.17, 15) is 9.59 Å². The Hall–Kier alpha value is -4.78. The molecule has 0 saturated heterocycles. The minimum Gasteiger partial charge on any atom is -0.495 e. The Morgan fingerprint density at radius 2 is 1.32 bits per heavy atom. The normalized spacial score (nSPS) is 15.0. The third-order valence-corrected chi connectivity index (χ3v) is 5.99. The van der Waals surface area contributed by atoms with Gasteiger partial charge in [0.1, 0.15) is 11.5 Å². The van der Waals surface area contributed by atoms with Crippen LogP contribution in [-0.2, 0) is 9.59 Å². The highest BCUT2D eigenvalue weighted by Crippen LogP contribution is 2.33. The second-order valence-corrected chi connectivity index (χ2v) is 8.34. The Morgan fingerprint density at radius 3 is 1.92 bits per heavy atom. The lowest BCUT2D eigenvalue weighted by Gasteiger charge is -2.27. The van der Waals surface area contributed by atoms with Gasteiger partial charge in [0.05, 0.1) is 25.6 Å². The van der Waals surface area contributed by atoms with Crippen LogP contribution < -0.4 is 25.4 Å². The third-order valence-electron chi connectivity index (χ3n) is 5.99. The molecule has 1 aliphatic heterocycles. The lowest BCUT2D eigenvalue weighted by Crippen LogP contribution is -2.33. The number of para-hydroxylation sites is 4. The van der Waals surface area contributed by atoms with E-state index in [1.807, 2.05) is 73.7 Å². The van der Waals surface area contributed by atoms with Crippen molar-refractivity contribution in [1.29, 1.82) is 0 Å². The highest BCUT2D eigenvalue weighted by atomic mass is 16.5. The van der Waals surface area contributed by atoms with Crippen LogP contribution in [0, 0.1) is 5.92 Å². The SMILES string of the molecule is COc1ccccc1NC(=O)C1=CNC(C)=C(C(=O)Nc2ccccc2OC)[C@H]1/C=C/c1ccccc1. The number of rotatable bonds is 8. The van der Waals surface area contributed by atoms with Crippen LogP contribution >= 0.6 is 0 Å². The number of carbonyl (C=O) groups is 2. The second-order valence-electron chi connectivity index (χ2n) is 8.34. The molecule has 7 heteroatoms. The molecule has 0 saturated carbocycles. The summed E-state index contributed by atoms with van der Waals surface area (Å²) in [5.74, 6) is -0.232. The van der Waals surface area contributed by atoms with Gasteiger partial charge < -0.3 is 25.4 Å². The van der Waals surface area contributed by atoms with Gasteiger partial charge in [0.15, 0.2) is 0 Å². The van der Waals surface area contributed by atoms with Crippen LogP contribution in [0.1, 0.15) is 12.5 Å². The minimum absolute atomic E-state index is 0.340. The Balaban J connectivity index is 1.69. The van der Waals surface area contributed by atoms with E-state index in [4.69, 9.17) is 9.47 Å². The van der Waals surface area contributed by atoms with Crippen LogP contribution in [0.25, 0.3) is 6.08 Å². The van der Waals surface area contributed by atoms with Crippen molar-refractivity contribution in [3.63, 3.8) is 0 Å². The van der Waals surface area contributed by atoms with Gasteiger partial charge in [-0.3, -0.25) is 9.59 Å². The number of dihydropyridines is 1. The summed E-state index contributed by atoms with van der Waals surface area (Å²) in [5.41, 5.74) is 3.47. The Morgan fingerprint density at radius 1 is 0.784 bits per heavy atom. The van der Waals surface area contributed by atoms with Crippen LogP contribution in [0.2, 0.25) is 0 Å². The molecule has 4 rings (SSSR count). The largest absolute Gasteiger partial charge is 0.495 e. The number of amides is 2. The molecule has 0 fully saturated rings. The number of nitrogens with one attached hydrogen (secondary N) is 3. The number of allylic oxidation sites excluding steroid dienone is 2. The molecule has 1 heterocycles. The van der Waals surface area contributed by atoms with E-state index in [-0.39, 0.29) is 11.8 Å². The minimum atomic E-state index is -0.620. The summed E-state index contributed by atoms with van der Waals surface area (Å²) >= 11 is 0. The van der Waals surface area contributed by atoms with Crippen LogP contribution in [-0.4, -0.2) is 26.0 Å². The molecule has 7 nitrogen and oxygen atoms in total. The maximum absolute atomic E-state index is 13.6. The van der Waals surface area contributed by atoms with Crippen molar-refractivity contribution in [2.24, 2.45) is 5.92 Å². The average Bonchev–Trinajstić information content (AvgIpc) is 2.92. The third kappa shape index (κ3) is 5.90. The van der Waals surface area contributed by atoms with Gasteiger partial charge in [-0.05, 0) is 36.8 Å². The molecule has 0 bridgehead atoms. The lowest BCUT2D eigenvalue weighted by molar-refractivity contribution is -0.113. The van der Waals surface area contributed by atoms with Gasteiger partial charge in [-0.2, -0.15) is 0 Å². The van der Waals surface area contributed by atoms with E-state index in [2.05, 4.69) is 16.0 Å². The Kier molecular flexibility index (Phi) is 8.05. The summed E-state index contributed by atoms with van der Waals surface area (Å²) in [5, 5.41) is 8.96. The van der Waals surface area contributed by atoms with Crippen LogP contribution in [0.3, 0.4) is 0 Å². The van der Waals surface area contributed by atoms with Crippen LogP contribution in [0.4, 0.5) is 11.4 Å². The lowest BCUT2D eigenvalue weighted by atomic mass is 9.85. The molecule has 2 amide bonds. The van der Waals surface area contributed by atoms with E-state index in [0.717, 1.165) is 5.56 Å². The van der Waals surface area contributed by atoms with E-state index >= 15 is 0 Å². The number of methoxy groups -OCH3 is 2. The fraction of sp³-hybridized carbons (Fsp3) is 0.133. The number of anilines is 2. The van der Waals surface area contributed by atoms with E-state index in [1.165, 1.54) is 0 Å². The maximum Gasteiger partial charge on any atom is 0.254 e. The van der Waals surface area contributed by atoms with Gasteiger partial charge in [-0.15, -0.1) is 0 Å². The molecule has 0 unspecified atom stereocenters. The average molecular weight is 496 g/mol. The molecule has 188 valence electrons. The van der Waals surface area contributed by atoms with Gasteiger partial charge in [0.2, 0.25) is 0 Å². The number of hydrogen-bond acceptors (Lipinski definition) is 5. The molecule has 1 aliphatic rings. The molecule has 3 aromatic rings. The van der Waals surface area contributed by atoms with Gasteiger partial charge in [-0.1, -0.05) is 66.7 Å². The standard InChI is InChI=1S/C30H29N3O4/c1-20-28(30(35)33-25-14-8-10-16-27(25)37-3)22(18-17-21-11-5-4-6-12-21)23(19-31-20)29(34)32-24-13-7-9-15-26(24)36-2/h4-19,22,31H,1-3H3,(H,32,34)(H,33,35)/b18-17+/t22-/m0/s1. The highest BCUT2D eigenvalue weighted by Gasteiger charge is 2.32. The van der Waals surface area contributed by atoms with Crippen molar-refractivity contribution in [3.8, 4) is 11.5 Å². The number of benzene rings is 3. The second kappa shape index (κ2) is 11.8. The predicted molar refractivity (Wildman–Crippen MR) is 146 cm³/mol. The van der Waals surface area contributed by atoms with Crippen molar-refractivity contribution >= 4 is 29.3 Å². The summed E-state index contributed by atoms with van der Waals surface area (Å²) in [6, 6.07) is 24.1. The highest BCUT2D eigenvalue weighted by molar-refractivity contribution is 6.11. The molecule has 37 heavy (non-hydrogen) atoms. The monoisotopic (exact) mass is 495 g/mol. The first-order valence-corrected chi connectivity index (χ1v) is 11.8. The molecular formula is C30H29N3O4. The zero-order chi connectivity index (χ0) is 26.2. The van der Waals surface area contributed by atoms with Crippen LogP contribution in [0.15, 0.2) is 108 Å². The number of hydrogen-bond donors (Lipinski definition) is 3. The molecule has 3 aromatic carbocycles. The summed E-state index contributed by atoms with van der Waals surface area (Å²) in [6.07, 6.45) is 5.41. The molecule has 0 spiro atoms. The van der Waals surface area contributed by atoms with Crippen LogP contribution in [0.5, 0.6) is 11.5 Å². The van der Waals surface area contributed by atoms with Gasteiger partial charge in [-0.25, -0.2) is 0 Å². The first-order chi connectivity index (χ1) is 18.0. The van der Waals surface area contributed by atoms with Gasteiger partial charge >= 0.3 is 0 Å². The topological polar surface area (TPSA) is 88.7 Å². The summed E-state index contributed by atoms with van der Waals surface area (Å²) in [6.45, 7) is 1.81. The molecule has 1 atom stereocenters. The summed E-state index contributed by atoms with van der Waals surface area (Å²) in [4.78, 5) is 27.1. The van der Waals surface area contributed by atoms with E-state index in [0.29, 0.717) is 39.7 Å². The molecular weight excluding hydrogens is 466 g/mol. The first kappa shape index (κ1) is 25.3. The van der Waals surface area contributed by atoms with E-state index in [1.54, 1.807) is 44.7 Å².